The van der Waals surface area contributed by atoms with Crippen LogP contribution >= 0.6 is 11.8 Å². The Labute approximate surface area is 336 Å². The maximum Gasteiger partial charge on any atom is 0.169 e. The highest BCUT2D eigenvalue weighted by atomic mass is 32.2. The lowest BCUT2D eigenvalue weighted by molar-refractivity contribution is 0.752. The molecule has 272 valence electrons. The van der Waals surface area contributed by atoms with E-state index in [0.29, 0.717) is 0 Å². The van der Waals surface area contributed by atoms with E-state index in [0.717, 1.165) is 62.4 Å². The van der Waals surface area contributed by atoms with Crippen molar-refractivity contribution in [3.8, 4) is 0 Å². The van der Waals surface area contributed by atoms with Gasteiger partial charge in [0.05, 0.1) is 11.8 Å². The molecule has 0 fully saturated rings. The Balaban J connectivity index is 0.892. The Bertz CT molecular complexity index is 2860. The monoisotopic (exact) mass is 751 g/mol. The van der Waals surface area contributed by atoms with E-state index < -0.39 is 0 Å². The third-order valence-electron chi connectivity index (χ3n) is 10.5. The molecule has 0 spiro atoms. The SMILES string of the molecule is c1ccc(C2=NC(c3ccc(Sc4ccc(C5N=C(c6ccccc6)NC(c6ccc7ccccc7c6)=N5)cc4)cc3)CC(c3ccc4ccccc4c3)=N2)cc1. The number of hydrogen-bond acceptors (Lipinski definition) is 6. The minimum absolute atomic E-state index is 0.0381. The van der Waals surface area contributed by atoms with Crippen molar-refractivity contribution < 1.29 is 0 Å². The number of nitrogens with zero attached hydrogens (tertiary/aromatic N) is 4. The molecular weight excluding hydrogens is 715 g/mol. The molecule has 8 aromatic carbocycles. The van der Waals surface area contributed by atoms with Crippen LogP contribution in [0.25, 0.3) is 21.5 Å². The van der Waals surface area contributed by atoms with Crippen LogP contribution in [0.2, 0.25) is 0 Å². The van der Waals surface area contributed by atoms with Gasteiger partial charge < -0.3 is 5.32 Å². The Morgan fingerprint density at radius 2 is 0.930 bits per heavy atom. The van der Waals surface area contributed by atoms with Crippen LogP contribution < -0.4 is 5.32 Å². The number of hydrogen-bond donors (Lipinski definition) is 1. The minimum atomic E-state index is -0.374. The number of nitrogens with one attached hydrogen (secondary N) is 1. The van der Waals surface area contributed by atoms with E-state index in [-0.39, 0.29) is 12.2 Å². The summed E-state index contributed by atoms with van der Waals surface area (Å²) in [4.78, 5) is 22.8. The highest BCUT2D eigenvalue weighted by Crippen LogP contribution is 2.34. The summed E-state index contributed by atoms with van der Waals surface area (Å²) in [5.41, 5.74) is 7.49. The zero-order chi connectivity index (χ0) is 38.0. The third-order valence-corrected chi connectivity index (χ3v) is 11.5. The van der Waals surface area contributed by atoms with Crippen LogP contribution in [0.1, 0.15) is 52.0 Å². The normalized spacial score (nSPS) is 16.6. The van der Waals surface area contributed by atoms with E-state index in [2.05, 4.69) is 163 Å². The summed E-state index contributed by atoms with van der Waals surface area (Å²) < 4.78 is 0. The molecule has 2 atom stereocenters. The summed E-state index contributed by atoms with van der Waals surface area (Å²) in [6.07, 6.45) is 0.361. The number of aliphatic imine (C=N–C) groups is 4. The Kier molecular flexibility index (Phi) is 9.30. The average Bonchev–Trinajstić information content (AvgIpc) is 3.29. The van der Waals surface area contributed by atoms with Gasteiger partial charge in [-0.15, -0.1) is 0 Å². The predicted molar refractivity (Wildman–Crippen MR) is 237 cm³/mol. The lowest BCUT2D eigenvalue weighted by atomic mass is 9.94. The van der Waals surface area contributed by atoms with E-state index in [1.807, 2.05) is 36.4 Å². The summed E-state index contributed by atoms with van der Waals surface area (Å²) in [5, 5.41) is 8.35. The van der Waals surface area contributed by atoms with Gasteiger partial charge in [0.2, 0.25) is 0 Å². The fourth-order valence-electron chi connectivity index (χ4n) is 7.48. The summed E-state index contributed by atoms with van der Waals surface area (Å²) in [5.74, 6) is 2.40. The van der Waals surface area contributed by atoms with Gasteiger partial charge in [0, 0.05) is 32.9 Å². The van der Waals surface area contributed by atoms with Gasteiger partial charge in [-0.3, -0.25) is 4.99 Å². The molecule has 0 saturated heterocycles. The van der Waals surface area contributed by atoms with Crippen LogP contribution in [-0.4, -0.2) is 23.2 Å². The van der Waals surface area contributed by atoms with Crippen LogP contribution in [-0.2, 0) is 0 Å². The van der Waals surface area contributed by atoms with Crippen LogP contribution in [0.3, 0.4) is 0 Å². The van der Waals surface area contributed by atoms with E-state index >= 15 is 0 Å². The van der Waals surface area contributed by atoms with Gasteiger partial charge in [0.15, 0.2) is 12.0 Å². The third kappa shape index (κ3) is 7.43. The maximum absolute atomic E-state index is 5.19. The number of benzene rings is 8. The molecule has 8 aromatic rings. The molecule has 10 rings (SSSR count). The first-order valence-corrected chi connectivity index (χ1v) is 20.1. The second kappa shape index (κ2) is 15.3. The van der Waals surface area contributed by atoms with Gasteiger partial charge in [0.1, 0.15) is 11.7 Å². The summed E-state index contributed by atoms with van der Waals surface area (Å²) in [7, 11) is 0. The van der Waals surface area contributed by atoms with Crippen LogP contribution in [0.15, 0.2) is 224 Å². The van der Waals surface area contributed by atoms with Gasteiger partial charge in [-0.25, -0.2) is 15.0 Å². The molecule has 5 nitrogen and oxygen atoms in total. The summed E-state index contributed by atoms with van der Waals surface area (Å²) in [6, 6.07) is 68.0. The molecule has 2 unspecified atom stereocenters. The van der Waals surface area contributed by atoms with Gasteiger partial charge in [-0.2, -0.15) is 0 Å². The molecule has 57 heavy (non-hydrogen) atoms. The first kappa shape index (κ1) is 34.6. The quantitative estimate of drug-likeness (QED) is 0.168. The smallest absolute Gasteiger partial charge is 0.169 e. The fourth-order valence-corrected chi connectivity index (χ4v) is 8.29. The topological polar surface area (TPSA) is 61.5 Å². The molecule has 2 aliphatic rings. The predicted octanol–water partition coefficient (Wildman–Crippen LogP) is 12.0. The van der Waals surface area contributed by atoms with Gasteiger partial charge in [0.25, 0.3) is 0 Å². The van der Waals surface area contributed by atoms with Crippen molar-refractivity contribution in [2.24, 2.45) is 20.0 Å². The van der Waals surface area contributed by atoms with Crippen molar-refractivity contribution >= 4 is 56.5 Å². The molecule has 0 radical (unpaired) electrons. The Morgan fingerprint density at radius 1 is 0.421 bits per heavy atom. The minimum Gasteiger partial charge on any atom is -0.324 e. The summed E-state index contributed by atoms with van der Waals surface area (Å²) >= 11 is 1.75. The van der Waals surface area contributed by atoms with Crippen molar-refractivity contribution in [1.29, 1.82) is 0 Å². The number of rotatable bonds is 8. The zero-order valence-corrected chi connectivity index (χ0v) is 31.9. The van der Waals surface area contributed by atoms with E-state index in [1.54, 1.807) is 11.8 Å². The Hall–Kier alpha value is -6.89. The van der Waals surface area contributed by atoms with Crippen molar-refractivity contribution in [2.75, 3.05) is 0 Å². The molecule has 0 saturated carbocycles. The number of amidine groups is 3. The first-order valence-electron chi connectivity index (χ1n) is 19.2. The second-order valence-electron chi connectivity index (χ2n) is 14.3. The fraction of sp³-hybridized carbons (Fsp3) is 0.0588. The molecule has 0 aliphatic carbocycles. The molecule has 2 heterocycles. The van der Waals surface area contributed by atoms with E-state index in [9.17, 15) is 0 Å². The van der Waals surface area contributed by atoms with Gasteiger partial charge in [-0.1, -0.05) is 169 Å². The molecule has 2 aliphatic heterocycles. The highest BCUT2D eigenvalue weighted by molar-refractivity contribution is 7.99. The van der Waals surface area contributed by atoms with Crippen molar-refractivity contribution in [1.82, 2.24) is 5.32 Å². The largest absolute Gasteiger partial charge is 0.324 e. The molecule has 1 N–H and O–H groups in total. The van der Waals surface area contributed by atoms with E-state index in [4.69, 9.17) is 20.0 Å². The van der Waals surface area contributed by atoms with Crippen LogP contribution in [0.5, 0.6) is 0 Å². The summed E-state index contributed by atoms with van der Waals surface area (Å²) in [6.45, 7) is 0. The first-order chi connectivity index (χ1) is 28.2. The maximum atomic E-state index is 5.19. The van der Waals surface area contributed by atoms with Crippen LogP contribution in [0.4, 0.5) is 0 Å². The van der Waals surface area contributed by atoms with E-state index in [1.165, 1.54) is 32.0 Å². The Morgan fingerprint density at radius 3 is 1.56 bits per heavy atom. The lowest BCUT2D eigenvalue weighted by Gasteiger charge is -2.22. The molecule has 0 amide bonds. The van der Waals surface area contributed by atoms with Crippen molar-refractivity contribution in [3.63, 3.8) is 0 Å². The van der Waals surface area contributed by atoms with Crippen molar-refractivity contribution in [3.05, 3.63) is 228 Å². The number of fused-ring (bicyclic) bond motifs is 2. The molecule has 6 heteroatoms. The molecular formula is C51H37N5S. The van der Waals surface area contributed by atoms with Gasteiger partial charge >= 0.3 is 0 Å². The molecule has 0 aromatic heterocycles. The van der Waals surface area contributed by atoms with Crippen molar-refractivity contribution in [2.45, 2.75) is 28.4 Å². The lowest BCUT2D eigenvalue weighted by Crippen LogP contribution is -2.36. The standard InChI is InChI=1S/C51H37N5S/c1-3-13-37(14-4-1)48-52-46(33-47(53-48)42-21-19-34-11-7-9-17-40(34)31-42)36-23-27-44(28-24-36)57-45-29-25-39(26-30-45)50-54-49(38-15-5-2-6-16-38)55-51(56-50)43-22-20-35-12-8-10-18-41(35)32-43/h1-32,46,50H,33H2,(H,54,55,56). The van der Waals surface area contributed by atoms with Crippen LogP contribution in [0, 0.1) is 0 Å². The average molecular weight is 752 g/mol. The van der Waals surface area contributed by atoms with Gasteiger partial charge in [-0.05, 0) is 74.6 Å². The highest BCUT2D eigenvalue weighted by Gasteiger charge is 2.23. The zero-order valence-electron chi connectivity index (χ0n) is 31.0. The molecule has 0 bridgehead atoms. The second-order valence-corrected chi connectivity index (χ2v) is 15.4.